The molecule has 0 spiro atoms. The maximum atomic E-state index is 11.9. The van der Waals surface area contributed by atoms with Gasteiger partial charge in [0.05, 0.1) is 0 Å². The molecule has 0 radical (unpaired) electrons. The van der Waals surface area contributed by atoms with Crippen molar-refractivity contribution >= 4 is 5.97 Å². The van der Waals surface area contributed by atoms with E-state index in [1.807, 2.05) is 0 Å². The summed E-state index contributed by atoms with van der Waals surface area (Å²) in [4.78, 5) is 16.5. The van der Waals surface area contributed by atoms with Gasteiger partial charge in [0.25, 0.3) is 0 Å². The molecule has 0 amide bonds. The second-order valence-corrected chi connectivity index (χ2v) is 6.03. The second kappa shape index (κ2) is 4.47. The lowest BCUT2D eigenvalue weighted by atomic mass is 9.93. The summed E-state index contributed by atoms with van der Waals surface area (Å²) in [7, 11) is 0. The fourth-order valence-electron chi connectivity index (χ4n) is 3.64. The minimum Gasteiger partial charge on any atom is -0.480 e. The number of carboxylic acid groups (broad SMARTS) is 1. The third-order valence-corrected chi connectivity index (χ3v) is 4.78. The molecule has 1 saturated carbocycles. The van der Waals surface area contributed by atoms with E-state index >= 15 is 0 Å². The molecule has 2 aliphatic heterocycles. The molecule has 3 aliphatic rings. The van der Waals surface area contributed by atoms with E-state index in [0.717, 1.165) is 32.6 Å². The van der Waals surface area contributed by atoms with Crippen molar-refractivity contribution < 1.29 is 9.90 Å². The SMILES string of the molecule is CC1CC(C(=O)O)(N2CCNCC2)CN1C1CC1. The molecule has 2 saturated heterocycles. The standard InChI is InChI=1S/C13H23N3O2/c1-10-8-13(12(17)18,9-16(10)11-2-3-11)15-6-4-14-5-7-15/h10-11,14H,2-9H2,1H3,(H,17,18). The number of nitrogens with one attached hydrogen (secondary N) is 1. The molecule has 3 fully saturated rings. The van der Waals surface area contributed by atoms with Gasteiger partial charge in [0.15, 0.2) is 0 Å². The van der Waals surface area contributed by atoms with E-state index in [-0.39, 0.29) is 0 Å². The number of nitrogens with zero attached hydrogens (tertiary/aromatic N) is 2. The van der Waals surface area contributed by atoms with Crippen LogP contribution in [0.1, 0.15) is 26.2 Å². The summed E-state index contributed by atoms with van der Waals surface area (Å²) in [6.07, 6.45) is 3.28. The number of aliphatic carboxylic acids is 1. The molecule has 0 aromatic carbocycles. The molecule has 2 N–H and O–H groups in total. The largest absolute Gasteiger partial charge is 0.480 e. The maximum absolute atomic E-state index is 11.9. The molecule has 18 heavy (non-hydrogen) atoms. The van der Waals surface area contributed by atoms with Crippen molar-refractivity contribution in [1.82, 2.24) is 15.1 Å². The van der Waals surface area contributed by atoms with Crippen molar-refractivity contribution in [1.29, 1.82) is 0 Å². The highest BCUT2D eigenvalue weighted by Gasteiger charge is 2.54. The van der Waals surface area contributed by atoms with E-state index in [9.17, 15) is 9.90 Å². The molecule has 0 aromatic rings. The van der Waals surface area contributed by atoms with Crippen LogP contribution in [0.15, 0.2) is 0 Å². The fraction of sp³-hybridized carbons (Fsp3) is 0.923. The predicted molar refractivity (Wildman–Crippen MR) is 68.6 cm³/mol. The molecule has 2 atom stereocenters. The molecule has 1 aliphatic carbocycles. The van der Waals surface area contributed by atoms with Crippen molar-refractivity contribution in [3.8, 4) is 0 Å². The first-order valence-electron chi connectivity index (χ1n) is 7.08. The number of hydrogen-bond acceptors (Lipinski definition) is 4. The van der Waals surface area contributed by atoms with Gasteiger partial charge in [0.1, 0.15) is 5.54 Å². The highest BCUT2D eigenvalue weighted by atomic mass is 16.4. The first kappa shape index (κ1) is 12.4. The molecule has 2 heterocycles. The summed E-state index contributed by atoms with van der Waals surface area (Å²) in [5.74, 6) is -0.626. The number of likely N-dealkylation sites (tertiary alicyclic amines) is 1. The van der Waals surface area contributed by atoms with Crippen molar-refractivity contribution in [2.24, 2.45) is 0 Å². The van der Waals surface area contributed by atoms with Crippen molar-refractivity contribution in [2.45, 2.75) is 43.8 Å². The molecule has 0 bridgehead atoms. The fourth-order valence-corrected chi connectivity index (χ4v) is 3.64. The van der Waals surface area contributed by atoms with Crippen LogP contribution >= 0.6 is 0 Å². The Labute approximate surface area is 108 Å². The highest BCUT2D eigenvalue weighted by molar-refractivity contribution is 5.80. The summed E-state index contributed by atoms with van der Waals surface area (Å²) in [6, 6.07) is 1.06. The predicted octanol–water partition coefficient (Wildman–Crippen LogP) is -0.0284. The normalized spacial score (nSPS) is 39.1. The average Bonchev–Trinajstić information content (AvgIpc) is 3.14. The van der Waals surface area contributed by atoms with Crippen LogP contribution in [0.3, 0.4) is 0 Å². The Morgan fingerprint density at radius 3 is 2.56 bits per heavy atom. The van der Waals surface area contributed by atoms with Gasteiger partial charge >= 0.3 is 5.97 Å². The Morgan fingerprint density at radius 2 is 2.00 bits per heavy atom. The van der Waals surface area contributed by atoms with Gasteiger partial charge < -0.3 is 10.4 Å². The molecular formula is C13H23N3O2. The zero-order chi connectivity index (χ0) is 12.8. The summed E-state index contributed by atoms with van der Waals surface area (Å²) >= 11 is 0. The zero-order valence-corrected chi connectivity index (χ0v) is 11.1. The van der Waals surface area contributed by atoms with E-state index < -0.39 is 11.5 Å². The molecule has 5 heteroatoms. The first-order chi connectivity index (χ1) is 8.63. The molecule has 2 unspecified atom stereocenters. The Kier molecular flexibility index (Phi) is 3.08. The molecule has 0 aromatic heterocycles. The quantitative estimate of drug-likeness (QED) is 0.740. The first-order valence-corrected chi connectivity index (χ1v) is 7.08. The van der Waals surface area contributed by atoms with E-state index in [0.29, 0.717) is 18.6 Å². The highest BCUT2D eigenvalue weighted by Crippen LogP contribution is 2.40. The summed E-state index contributed by atoms with van der Waals surface area (Å²) in [5.41, 5.74) is -0.635. The summed E-state index contributed by atoms with van der Waals surface area (Å²) < 4.78 is 0. The minimum absolute atomic E-state index is 0.406. The second-order valence-electron chi connectivity index (χ2n) is 6.03. The van der Waals surface area contributed by atoms with Gasteiger partial charge in [-0.3, -0.25) is 14.6 Å². The van der Waals surface area contributed by atoms with Crippen LogP contribution in [0.5, 0.6) is 0 Å². The maximum Gasteiger partial charge on any atom is 0.325 e. The lowest BCUT2D eigenvalue weighted by Gasteiger charge is -2.40. The van der Waals surface area contributed by atoms with Crippen LogP contribution in [0, 0.1) is 0 Å². The molecule has 102 valence electrons. The number of carboxylic acids is 1. The van der Waals surface area contributed by atoms with Crippen LogP contribution in [-0.2, 0) is 4.79 Å². The zero-order valence-electron chi connectivity index (χ0n) is 11.1. The summed E-state index contributed by atoms with van der Waals surface area (Å²) in [5, 5.41) is 13.1. The molecule has 3 rings (SSSR count). The Morgan fingerprint density at radius 1 is 1.33 bits per heavy atom. The van der Waals surface area contributed by atoms with Gasteiger partial charge in [-0.25, -0.2) is 0 Å². The smallest absolute Gasteiger partial charge is 0.325 e. The van der Waals surface area contributed by atoms with Gasteiger partial charge in [0, 0.05) is 44.8 Å². The van der Waals surface area contributed by atoms with Gasteiger partial charge in [-0.1, -0.05) is 0 Å². The summed E-state index contributed by atoms with van der Waals surface area (Å²) in [6.45, 7) is 6.44. The topological polar surface area (TPSA) is 55.8 Å². The van der Waals surface area contributed by atoms with Crippen LogP contribution in [0.4, 0.5) is 0 Å². The number of carbonyl (C=O) groups is 1. The molecular weight excluding hydrogens is 230 g/mol. The van der Waals surface area contributed by atoms with Crippen LogP contribution in [0.2, 0.25) is 0 Å². The van der Waals surface area contributed by atoms with Gasteiger partial charge in [-0.05, 0) is 26.2 Å². The third-order valence-electron chi connectivity index (χ3n) is 4.78. The third kappa shape index (κ3) is 1.94. The lowest BCUT2D eigenvalue weighted by molar-refractivity contribution is -0.151. The van der Waals surface area contributed by atoms with Gasteiger partial charge in [0.2, 0.25) is 0 Å². The minimum atomic E-state index is -0.635. The molecule has 5 nitrogen and oxygen atoms in total. The van der Waals surface area contributed by atoms with Gasteiger partial charge in [-0.15, -0.1) is 0 Å². The average molecular weight is 253 g/mol. The van der Waals surface area contributed by atoms with E-state index in [4.69, 9.17) is 0 Å². The van der Waals surface area contributed by atoms with E-state index in [1.165, 1.54) is 12.8 Å². The van der Waals surface area contributed by atoms with Crippen LogP contribution < -0.4 is 5.32 Å². The van der Waals surface area contributed by atoms with Crippen molar-refractivity contribution in [3.05, 3.63) is 0 Å². The number of rotatable bonds is 3. The van der Waals surface area contributed by atoms with Crippen molar-refractivity contribution in [3.63, 3.8) is 0 Å². The number of hydrogen-bond donors (Lipinski definition) is 2. The van der Waals surface area contributed by atoms with Gasteiger partial charge in [-0.2, -0.15) is 0 Å². The van der Waals surface area contributed by atoms with E-state index in [2.05, 4.69) is 22.0 Å². The Balaban J connectivity index is 1.81. The Hall–Kier alpha value is -0.650. The lowest BCUT2D eigenvalue weighted by Crippen LogP contribution is -2.61. The van der Waals surface area contributed by atoms with Crippen LogP contribution in [0.25, 0.3) is 0 Å². The monoisotopic (exact) mass is 253 g/mol. The Bertz CT molecular complexity index is 339. The van der Waals surface area contributed by atoms with Crippen LogP contribution in [-0.4, -0.2) is 71.2 Å². The van der Waals surface area contributed by atoms with E-state index in [1.54, 1.807) is 0 Å². The number of piperazine rings is 1. The van der Waals surface area contributed by atoms with Crippen molar-refractivity contribution in [2.75, 3.05) is 32.7 Å².